The topological polar surface area (TPSA) is 146 Å². The van der Waals surface area contributed by atoms with Gasteiger partial charge in [-0.3, -0.25) is 14.9 Å². The number of primary amides is 1. The van der Waals surface area contributed by atoms with E-state index in [9.17, 15) is 18.8 Å². The number of carbonyl (C=O) groups is 3. The van der Waals surface area contributed by atoms with E-state index >= 15 is 0 Å². The minimum atomic E-state index is -0.602. The van der Waals surface area contributed by atoms with Crippen molar-refractivity contribution >= 4 is 46.2 Å². The second-order valence-corrected chi connectivity index (χ2v) is 8.12. The molecule has 0 spiro atoms. The molecule has 0 aliphatic carbocycles. The average molecular weight is 500 g/mol. The largest absolute Gasteiger partial charge is 0.370 e. The maximum absolute atomic E-state index is 13.2. The highest BCUT2D eigenvalue weighted by Gasteiger charge is 2.18. The Kier molecular flexibility index (Phi) is 7.11. The molecule has 1 heterocycles. The van der Waals surface area contributed by atoms with E-state index in [1.54, 1.807) is 48.0 Å². The van der Waals surface area contributed by atoms with Crippen molar-refractivity contribution in [1.82, 2.24) is 9.55 Å². The number of urea groups is 1. The number of hydrogen-bond donors (Lipinski definition) is 3. The lowest BCUT2D eigenvalue weighted by molar-refractivity contribution is -0.118. The number of nitrogens with two attached hydrogens (primary N) is 1. The van der Waals surface area contributed by atoms with Gasteiger partial charge in [-0.1, -0.05) is 6.07 Å². The Bertz CT molecular complexity index is 1540. The number of halogens is 1. The van der Waals surface area contributed by atoms with Crippen LogP contribution in [0, 0.1) is 17.1 Å². The summed E-state index contributed by atoms with van der Waals surface area (Å²) in [5.74, 6) is -1.14. The van der Waals surface area contributed by atoms with Crippen LogP contribution in [0.3, 0.4) is 0 Å². The summed E-state index contributed by atoms with van der Waals surface area (Å²) in [5.41, 5.74) is 8.03. The van der Waals surface area contributed by atoms with E-state index in [0.717, 1.165) is 0 Å². The minimum absolute atomic E-state index is 0.0106. The molecule has 1 aromatic heterocycles. The van der Waals surface area contributed by atoms with Gasteiger partial charge < -0.3 is 20.5 Å². The van der Waals surface area contributed by atoms with Crippen LogP contribution in [-0.2, 0) is 11.3 Å². The molecule has 0 aliphatic rings. The minimum Gasteiger partial charge on any atom is -0.370 e. The summed E-state index contributed by atoms with van der Waals surface area (Å²) in [6.07, 6.45) is 0.0106. The Morgan fingerprint density at radius 2 is 1.84 bits per heavy atom. The molecule has 0 unspecified atom stereocenters. The number of nitrogens with zero attached hydrogens (tertiary/aromatic N) is 4. The number of hydrogen-bond acceptors (Lipinski definition) is 5. The number of rotatable bonds is 7. The Hall–Kier alpha value is -5.24. The van der Waals surface area contributed by atoms with Gasteiger partial charge in [-0.15, -0.1) is 0 Å². The monoisotopic (exact) mass is 499 g/mol. The fraction of sp³-hybridized carbons (Fsp3) is 0.115. The van der Waals surface area contributed by atoms with Crippen molar-refractivity contribution in [2.75, 3.05) is 22.6 Å². The first-order chi connectivity index (χ1) is 17.7. The van der Waals surface area contributed by atoms with Crippen molar-refractivity contribution in [2.45, 2.75) is 13.0 Å². The zero-order valence-electron chi connectivity index (χ0n) is 19.7. The van der Waals surface area contributed by atoms with E-state index in [-0.39, 0.29) is 24.8 Å². The molecule has 0 saturated heterocycles. The summed E-state index contributed by atoms with van der Waals surface area (Å²) >= 11 is 0. The molecule has 0 bridgehead atoms. The van der Waals surface area contributed by atoms with E-state index in [1.807, 2.05) is 6.07 Å². The maximum Gasteiger partial charge on any atom is 0.326 e. The molecule has 3 aromatic carbocycles. The smallest absolute Gasteiger partial charge is 0.326 e. The SMILES string of the molecule is CN(C(=O)c1ccc(F)cc1)c1ccc2c(c1)nc(NC(=O)Nc1cccc(C#N)c1)n2CCC(N)=O. The van der Waals surface area contributed by atoms with Gasteiger partial charge in [0.1, 0.15) is 5.82 Å². The van der Waals surface area contributed by atoms with Crippen LogP contribution in [-0.4, -0.2) is 34.4 Å². The molecular formula is C26H22FN7O3. The number of benzene rings is 3. The van der Waals surface area contributed by atoms with Gasteiger partial charge in [0.05, 0.1) is 22.7 Å². The third-order valence-corrected chi connectivity index (χ3v) is 5.57. The van der Waals surface area contributed by atoms with E-state index in [4.69, 9.17) is 11.0 Å². The number of imidazole rings is 1. The van der Waals surface area contributed by atoms with Crippen LogP contribution in [0.5, 0.6) is 0 Å². The lowest BCUT2D eigenvalue weighted by Gasteiger charge is -2.17. The van der Waals surface area contributed by atoms with Crippen LogP contribution < -0.4 is 21.3 Å². The summed E-state index contributed by atoms with van der Waals surface area (Å²) < 4.78 is 14.9. The molecule has 4 rings (SSSR count). The van der Waals surface area contributed by atoms with Gasteiger partial charge in [0.15, 0.2) is 0 Å². The first-order valence-corrected chi connectivity index (χ1v) is 11.2. The van der Waals surface area contributed by atoms with Crippen molar-refractivity contribution in [3.63, 3.8) is 0 Å². The number of amides is 4. The van der Waals surface area contributed by atoms with Gasteiger partial charge in [0.25, 0.3) is 5.91 Å². The number of anilines is 3. The van der Waals surface area contributed by atoms with Crippen LogP contribution in [0.15, 0.2) is 66.7 Å². The fourth-order valence-corrected chi connectivity index (χ4v) is 3.70. The Labute approximate surface area is 211 Å². The van der Waals surface area contributed by atoms with Gasteiger partial charge in [0.2, 0.25) is 11.9 Å². The standard InChI is InChI=1S/C26H22FN7O3/c1-33(24(36)17-5-7-18(27)8-6-17)20-9-10-22-21(14-20)31-25(34(22)12-11-23(29)35)32-26(37)30-19-4-2-3-16(13-19)15-28/h2-10,13-14H,11-12H2,1H3,(H2,29,35)(H2,30,31,32,37). The summed E-state index contributed by atoms with van der Waals surface area (Å²) in [6, 6.07) is 18.1. The molecule has 0 atom stereocenters. The zero-order valence-corrected chi connectivity index (χ0v) is 19.7. The Morgan fingerprint density at radius 3 is 2.54 bits per heavy atom. The maximum atomic E-state index is 13.2. The van der Waals surface area contributed by atoms with Crippen molar-refractivity contribution in [1.29, 1.82) is 5.26 Å². The predicted octanol–water partition coefficient (Wildman–Crippen LogP) is 3.84. The summed E-state index contributed by atoms with van der Waals surface area (Å²) in [6.45, 7) is 0.162. The number of aromatic nitrogens is 2. The molecule has 37 heavy (non-hydrogen) atoms. The first kappa shape index (κ1) is 24.9. The van der Waals surface area contributed by atoms with Crippen LogP contribution in [0.25, 0.3) is 11.0 Å². The Balaban J connectivity index is 1.62. The van der Waals surface area contributed by atoms with Gasteiger partial charge in [0, 0.05) is 37.0 Å². The molecule has 4 N–H and O–H groups in total. The first-order valence-electron chi connectivity index (χ1n) is 11.2. The van der Waals surface area contributed by atoms with E-state index in [1.165, 1.54) is 35.2 Å². The third-order valence-electron chi connectivity index (χ3n) is 5.57. The quantitative estimate of drug-likeness (QED) is 0.354. The van der Waals surface area contributed by atoms with Gasteiger partial charge in [-0.25, -0.2) is 14.2 Å². The summed E-state index contributed by atoms with van der Waals surface area (Å²) in [5, 5.41) is 14.4. The highest BCUT2D eigenvalue weighted by atomic mass is 19.1. The van der Waals surface area contributed by atoms with E-state index < -0.39 is 17.8 Å². The summed E-state index contributed by atoms with van der Waals surface area (Å²) in [4.78, 5) is 42.8. The highest BCUT2D eigenvalue weighted by Crippen LogP contribution is 2.26. The second-order valence-electron chi connectivity index (χ2n) is 8.12. The average Bonchev–Trinajstić information content (AvgIpc) is 3.22. The molecule has 10 nitrogen and oxygen atoms in total. The van der Waals surface area contributed by atoms with Crippen LogP contribution >= 0.6 is 0 Å². The highest BCUT2D eigenvalue weighted by molar-refractivity contribution is 6.06. The van der Waals surface area contributed by atoms with Crippen molar-refractivity contribution in [3.8, 4) is 6.07 Å². The normalized spacial score (nSPS) is 10.5. The van der Waals surface area contributed by atoms with Crippen LogP contribution in [0.1, 0.15) is 22.3 Å². The lowest BCUT2D eigenvalue weighted by atomic mass is 10.2. The predicted molar refractivity (Wildman–Crippen MR) is 136 cm³/mol. The zero-order chi connectivity index (χ0) is 26.5. The molecular weight excluding hydrogens is 477 g/mol. The number of carbonyl (C=O) groups excluding carboxylic acids is 3. The number of nitrogens with one attached hydrogen (secondary N) is 2. The molecule has 0 radical (unpaired) electrons. The van der Waals surface area contributed by atoms with E-state index in [0.29, 0.717) is 33.5 Å². The van der Waals surface area contributed by atoms with Gasteiger partial charge >= 0.3 is 6.03 Å². The molecule has 4 amide bonds. The fourth-order valence-electron chi connectivity index (χ4n) is 3.70. The molecule has 0 fully saturated rings. The number of fused-ring (bicyclic) bond motifs is 1. The van der Waals surface area contributed by atoms with Gasteiger partial charge in [-0.05, 0) is 60.7 Å². The Morgan fingerprint density at radius 1 is 1.08 bits per heavy atom. The molecule has 0 saturated carbocycles. The molecule has 4 aromatic rings. The van der Waals surface area contributed by atoms with Crippen LogP contribution in [0.4, 0.5) is 26.5 Å². The molecule has 0 aliphatic heterocycles. The van der Waals surface area contributed by atoms with Crippen molar-refractivity contribution in [3.05, 3.63) is 83.7 Å². The molecule has 186 valence electrons. The van der Waals surface area contributed by atoms with Crippen molar-refractivity contribution < 1.29 is 18.8 Å². The second kappa shape index (κ2) is 10.6. The van der Waals surface area contributed by atoms with E-state index in [2.05, 4.69) is 15.6 Å². The van der Waals surface area contributed by atoms with Gasteiger partial charge in [-0.2, -0.15) is 5.26 Å². The number of aryl methyl sites for hydroxylation is 1. The lowest BCUT2D eigenvalue weighted by Crippen LogP contribution is -2.26. The summed E-state index contributed by atoms with van der Waals surface area (Å²) in [7, 11) is 1.58. The molecule has 11 heteroatoms. The van der Waals surface area contributed by atoms with Crippen LogP contribution in [0.2, 0.25) is 0 Å². The third kappa shape index (κ3) is 5.71. The van der Waals surface area contributed by atoms with Crippen molar-refractivity contribution in [2.24, 2.45) is 5.73 Å². The number of nitriles is 1.